The average molecular weight is 291 g/mol. The van der Waals surface area contributed by atoms with E-state index in [-0.39, 0.29) is 5.69 Å². The van der Waals surface area contributed by atoms with Crippen LogP contribution < -0.4 is 10.1 Å². The van der Waals surface area contributed by atoms with Crippen LogP contribution in [0.4, 0.5) is 11.5 Å². The molecule has 0 aliphatic carbocycles. The van der Waals surface area contributed by atoms with Crippen molar-refractivity contribution in [1.82, 2.24) is 5.16 Å². The first kappa shape index (κ1) is 14.5. The molecule has 110 valence electrons. The van der Waals surface area contributed by atoms with Crippen LogP contribution in [0.5, 0.6) is 5.75 Å². The molecular formula is C13H13N3O5. The molecule has 2 rings (SSSR count). The molecule has 0 spiro atoms. The Balaban J connectivity index is 1.95. The maximum atomic E-state index is 11.9. The van der Waals surface area contributed by atoms with Gasteiger partial charge < -0.3 is 14.6 Å². The summed E-state index contributed by atoms with van der Waals surface area (Å²) in [6.07, 6.45) is -0.788. The number of carbonyl (C=O) groups excluding carboxylic acids is 1. The number of anilines is 1. The van der Waals surface area contributed by atoms with Gasteiger partial charge in [-0.15, -0.1) is 0 Å². The van der Waals surface area contributed by atoms with E-state index < -0.39 is 16.9 Å². The fourth-order valence-electron chi connectivity index (χ4n) is 1.56. The molecule has 1 atom stereocenters. The molecule has 0 saturated heterocycles. The molecule has 1 aromatic carbocycles. The number of nitrogens with one attached hydrogen (secondary N) is 1. The third kappa shape index (κ3) is 3.78. The lowest BCUT2D eigenvalue weighted by Gasteiger charge is -2.13. The molecule has 2 aromatic rings. The van der Waals surface area contributed by atoms with Gasteiger partial charge in [-0.25, -0.2) is 0 Å². The normalized spacial score (nSPS) is 11.7. The molecule has 1 aromatic heterocycles. The summed E-state index contributed by atoms with van der Waals surface area (Å²) in [5.74, 6) is 0.840. The molecule has 0 saturated carbocycles. The Morgan fingerprint density at radius 3 is 2.62 bits per heavy atom. The van der Waals surface area contributed by atoms with E-state index in [4.69, 9.17) is 9.26 Å². The Hall–Kier alpha value is -2.90. The molecule has 0 aliphatic heterocycles. The van der Waals surface area contributed by atoms with Gasteiger partial charge in [0.2, 0.25) is 0 Å². The van der Waals surface area contributed by atoms with Crippen molar-refractivity contribution in [3.05, 3.63) is 46.2 Å². The van der Waals surface area contributed by atoms with Gasteiger partial charge in [0, 0.05) is 18.2 Å². The first-order valence-corrected chi connectivity index (χ1v) is 6.11. The quantitative estimate of drug-likeness (QED) is 0.669. The van der Waals surface area contributed by atoms with Gasteiger partial charge in [0.1, 0.15) is 11.5 Å². The SMILES string of the molecule is Cc1cc(NC(=O)[C@H](C)Oc2ccc([N+](=O)[O-])cc2)no1. The molecule has 21 heavy (non-hydrogen) atoms. The van der Waals surface area contributed by atoms with Gasteiger partial charge in [-0.1, -0.05) is 5.16 Å². The summed E-state index contributed by atoms with van der Waals surface area (Å²) in [7, 11) is 0. The smallest absolute Gasteiger partial charge is 0.269 e. The molecule has 0 radical (unpaired) electrons. The van der Waals surface area contributed by atoms with Gasteiger partial charge in [-0.2, -0.15) is 0 Å². The third-order valence-electron chi connectivity index (χ3n) is 2.61. The maximum Gasteiger partial charge on any atom is 0.269 e. The first-order chi connectivity index (χ1) is 9.95. The van der Waals surface area contributed by atoms with Crippen LogP contribution in [0.15, 0.2) is 34.9 Å². The van der Waals surface area contributed by atoms with E-state index in [2.05, 4.69) is 10.5 Å². The van der Waals surface area contributed by atoms with Gasteiger partial charge in [0.05, 0.1) is 4.92 Å². The van der Waals surface area contributed by atoms with Crippen molar-refractivity contribution in [1.29, 1.82) is 0 Å². The summed E-state index contributed by atoms with van der Waals surface area (Å²) >= 11 is 0. The van der Waals surface area contributed by atoms with Crippen molar-refractivity contribution in [2.24, 2.45) is 0 Å². The second kappa shape index (κ2) is 6.04. The van der Waals surface area contributed by atoms with Crippen LogP contribution in [-0.4, -0.2) is 22.1 Å². The van der Waals surface area contributed by atoms with Gasteiger partial charge in [0.15, 0.2) is 11.9 Å². The van der Waals surface area contributed by atoms with E-state index in [0.29, 0.717) is 17.3 Å². The molecule has 8 nitrogen and oxygen atoms in total. The predicted molar refractivity (Wildman–Crippen MR) is 73.1 cm³/mol. The molecule has 0 bridgehead atoms. The first-order valence-electron chi connectivity index (χ1n) is 6.11. The van der Waals surface area contributed by atoms with Crippen LogP contribution in [0.2, 0.25) is 0 Å². The zero-order valence-corrected chi connectivity index (χ0v) is 11.4. The molecule has 1 amide bonds. The fourth-order valence-corrected chi connectivity index (χ4v) is 1.56. The minimum absolute atomic E-state index is 0.0440. The summed E-state index contributed by atoms with van der Waals surface area (Å²) in [5, 5.41) is 16.7. The summed E-state index contributed by atoms with van der Waals surface area (Å²) in [6.45, 7) is 3.27. The van der Waals surface area contributed by atoms with Crippen LogP contribution in [-0.2, 0) is 4.79 Å². The summed E-state index contributed by atoms with van der Waals surface area (Å²) in [5.41, 5.74) is -0.0440. The fraction of sp³-hybridized carbons (Fsp3) is 0.231. The van der Waals surface area contributed by atoms with E-state index >= 15 is 0 Å². The van der Waals surface area contributed by atoms with E-state index in [9.17, 15) is 14.9 Å². The van der Waals surface area contributed by atoms with Gasteiger partial charge >= 0.3 is 0 Å². The highest BCUT2D eigenvalue weighted by Gasteiger charge is 2.17. The Labute approximate surface area is 119 Å². The highest BCUT2D eigenvalue weighted by Crippen LogP contribution is 2.18. The molecular weight excluding hydrogens is 278 g/mol. The number of non-ortho nitro benzene ring substituents is 1. The predicted octanol–water partition coefficient (Wildman–Crippen LogP) is 2.30. The van der Waals surface area contributed by atoms with Crippen molar-refractivity contribution in [2.75, 3.05) is 5.32 Å². The highest BCUT2D eigenvalue weighted by atomic mass is 16.6. The largest absolute Gasteiger partial charge is 0.481 e. The molecule has 0 fully saturated rings. The van der Waals surface area contributed by atoms with Gasteiger partial charge in [-0.05, 0) is 26.0 Å². The Morgan fingerprint density at radius 1 is 1.43 bits per heavy atom. The van der Waals surface area contributed by atoms with Crippen molar-refractivity contribution in [3.8, 4) is 5.75 Å². The van der Waals surface area contributed by atoms with Crippen molar-refractivity contribution >= 4 is 17.4 Å². The number of ether oxygens (including phenoxy) is 1. The number of rotatable bonds is 5. The van der Waals surface area contributed by atoms with E-state index in [0.717, 1.165) is 0 Å². The number of aromatic nitrogens is 1. The number of hydrogen-bond donors (Lipinski definition) is 1. The lowest BCUT2D eigenvalue weighted by atomic mass is 10.3. The van der Waals surface area contributed by atoms with Gasteiger partial charge in [-0.3, -0.25) is 14.9 Å². The van der Waals surface area contributed by atoms with Crippen LogP contribution in [0, 0.1) is 17.0 Å². The van der Waals surface area contributed by atoms with E-state index in [1.807, 2.05) is 0 Å². The van der Waals surface area contributed by atoms with Gasteiger partial charge in [0.25, 0.3) is 11.6 Å². The Morgan fingerprint density at radius 2 is 2.10 bits per heavy atom. The number of aryl methyl sites for hydroxylation is 1. The second-order valence-corrected chi connectivity index (χ2v) is 4.32. The summed E-state index contributed by atoms with van der Waals surface area (Å²) < 4.78 is 10.2. The number of nitro groups is 1. The molecule has 1 heterocycles. The number of nitro benzene ring substituents is 1. The third-order valence-corrected chi connectivity index (χ3v) is 2.61. The zero-order chi connectivity index (χ0) is 15.4. The molecule has 1 N–H and O–H groups in total. The van der Waals surface area contributed by atoms with Crippen molar-refractivity contribution < 1.29 is 19.0 Å². The maximum absolute atomic E-state index is 11.9. The number of carbonyl (C=O) groups is 1. The minimum atomic E-state index is -0.788. The van der Waals surface area contributed by atoms with Crippen LogP contribution >= 0.6 is 0 Å². The lowest BCUT2D eigenvalue weighted by Crippen LogP contribution is -2.30. The Bertz CT molecular complexity index is 650. The number of amides is 1. The standard InChI is InChI=1S/C13H13N3O5/c1-8-7-12(15-21-8)14-13(17)9(2)20-11-5-3-10(4-6-11)16(18)19/h3-7,9H,1-2H3,(H,14,15,17)/t9-/m0/s1. The van der Waals surface area contributed by atoms with Crippen molar-refractivity contribution in [3.63, 3.8) is 0 Å². The second-order valence-electron chi connectivity index (χ2n) is 4.32. The Kier molecular flexibility index (Phi) is 4.17. The number of hydrogen-bond acceptors (Lipinski definition) is 6. The average Bonchev–Trinajstić information content (AvgIpc) is 2.84. The number of benzene rings is 1. The highest BCUT2D eigenvalue weighted by molar-refractivity contribution is 5.93. The molecule has 0 aliphatic rings. The number of nitrogens with zero attached hydrogens (tertiary/aromatic N) is 2. The zero-order valence-electron chi connectivity index (χ0n) is 11.4. The van der Waals surface area contributed by atoms with Crippen molar-refractivity contribution in [2.45, 2.75) is 20.0 Å². The molecule has 8 heteroatoms. The topological polar surface area (TPSA) is 108 Å². The van der Waals surface area contributed by atoms with E-state index in [1.54, 1.807) is 19.9 Å². The summed E-state index contributed by atoms with van der Waals surface area (Å²) in [6, 6.07) is 7.06. The summed E-state index contributed by atoms with van der Waals surface area (Å²) in [4.78, 5) is 21.9. The van der Waals surface area contributed by atoms with Crippen LogP contribution in [0.1, 0.15) is 12.7 Å². The molecule has 0 unspecified atom stereocenters. The lowest BCUT2D eigenvalue weighted by molar-refractivity contribution is -0.384. The minimum Gasteiger partial charge on any atom is -0.481 e. The van der Waals surface area contributed by atoms with Crippen LogP contribution in [0.25, 0.3) is 0 Å². The monoisotopic (exact) mass is 291 g/mol. The van der Waals surface area contributed by atoms with E-state index in [1.165, 1.54) is 24.3 Å². The van der Waals surface area contributed by atoms with Crippen LogP contribution in [0.3, 0.4) is 0 Å².